The Morgan fingerprint density at radius 2 is 1.09 bits per heavy atom. The molecule has 0 radical (unpaired) electrons. The molecule has 0 saturated carbocycles. The molecule has 32 heavy (non-hydrogen) atoms. The number of rotatable bonds is 5. The zero-order valence-electron chi connectivity index (χ0n) is 16.7. The molecule has 1 aromatic rings. The van der Waals surface area contributed by atoms with Gasteiger partial charge < -0.3 is 9.80 Å². The van der Waals surface area contributed by atoms with E-state index in [9.17, 15) is 34.4 Å². The van der Waals surface area contributed by atoms with Gasteiger partial charge in [-0.3, -0.25) is 0 Å². The van der Waals surface area contributed by atoms with Gasteiger partial charge in [0, 0.05) is 26.2 Å². The van der Waals surface area contributed by atoms with Crippen LogP contribution < -0.4 is 13.9 Å². The van der Waals surface area contributed by atoms with Crippen LogP contribution in [0.4, 0.5) is 37.7 Å². The number of hydrogen-bond donors (Lipinski definition) is 1. The van der Waals surface area contributed by atoms with E-state index in [1.54, 1.807) is 0 Å². The van der Waals surface area contributed by atoms with Crippen molar-refractivity contribution >= 4 is 31.4 Å². The molecular weight excluding hydrogens is 488 g/mol. The molecule has 0 unspecified atom stereocenters. The van der Waals surface area contributed by atoms with Gasteiger partial charge in [0.1, 0.15) is 10.6 Å². The summed E-state index contributed by atoms with van der Waals surface area (Å²) in [5.74, 6) is -5.51. The largest absolute Gasteiger partial charge is 0.512 e. The predicted octanol–water partition coefficient (Wildman–Crippen LogP) is 3.21. The first kappa shape index (κ1) is 24.9. The van der Waals surface area contributed by atoms with Gasteiger partial charge in [-0.05, 0) is 38.5 Å². The monoisotopic (exact) mass is 509 g/mol. The molecule has 0 atom stereocenters. The maximum atomic E-state index is 15.6. The van der Waals surface area contributed by atoms with Crippen LogP contribution in [0.3, 0.4) is 0 Å². The zero-order valence-corrected chi connectivity index (χ0v) is 18.3. The van der Waals surface area contributed by atoms with Crippen LogP contribution in [0.5, 0.6) is 0 Å². The van der Waals surface area contributed by atoms with Gasteiger partial charge in [0.2, 0.25) is 0 Å². The fourth-order valence-electron chi connectivity index (χ4n) is 3.89. The molecule has 1 N–H and O–H groups in total. The topological polar surface area (TPSA) is 86.8 Å². The number of nitrogens with one attached hydrogen (secondary N) is 1. The predicted molar refractivity (Wildman–Crippen MR) is 104 cm³/mol. The van der Waals surface area contributed by atoms with Crippen LogP contribution in [-0.2, 0) is 20.0 Å². The molecule has 15 heteroatoms. The van der Waals surface area contributed by atoms with E-state index < -0.39 is 59.3 Å². The summed E-state index contributed by atoms with van der Waals surface area (Å²) in [6.45, 7) is 0.380. The van der Waals surface area contributed by atoms with Gasteiger partial charge in [-0.2, -0.15) is 13.2 Å². The zero-order chi connectivity index (χ0) is 23.9. The van der Waals surface area contributed by atoms with Crippen LogP contribution in [0, 0.1) is 17.5 Å². The second-order valence-electron chi connectivity index (χ2n) is 7.60. The average molecular weight is 509 g/mol. The summed E-state index contributed by atoms with van der Waals surface area (Å²) < 4.78 is 132. The standard InChI is InChI=1S/C17H21F6N3O4S2/c18-11-12(19)16(31(27,28)24-32(29,30)17(21,22)23)15(26-9-5-2-6-10-26)13(20)14(11)25-7-3-1-4-8-25/h24H,1-10H2. The second-order valence-corrected chi connectivity index (χ2v) is 11.2. The highest BCUT2D eigenvalue weighted by Gasteiger charge is 2.50. The Morgan fingerprint density at radius 3 is 1.53 bits per heavy atom. The molecule has 2 aliphatic rings. The maximum Gasteiger partial charge on any atom is 0.512 e. The van der Waals surface area contributed by atoms with Crippen molar-refractivity contribution in [2.45, 2.75) is 48.9 Å². The molecule has 0 bridgehead atoms. The molecule has 2 saturated heterocycles. The molecule has 2 fully saturated rings. The van der Waals surface area contributed by atoms with E-state index in [0.29, 0.717) is 36.2 Å². The number of hydrogen-bond acceptors (Lipinski definition) is 6. The Hall–Kier alpha value is -1.74. The molecule has 0 amide bonds. The van der Waals surface area contributed by atoms with Crippen LogP contribution in [0.25, 0.3) is 0 Å². The summed E-state index contributed by atoms with van der Waals surface area (Å²) in [5.41, 5.74) is -7.85. The number of anilines is 2. The van der Waals surface area contributed by atoms with Gasteiger partial charge in [-0.1, -0.05) is 4.13 Å². The van der Waals surface area contributed by atoms with E-state index in [2.05, 4.69) is 0 Å². The molecule has 0 aromatic heterocycles. The van der Waals surface area contributed by atoms with Gasteiger partial charge in [-0.15, -0.1) is 0 Å². The second kappa shape index (κ2) is 8.89. The van der Waals surface area contributed by atoms with E-state index in [-0.39, 0.29) is 26.2 Å². The average Bonchev–Trinajstić information content (AvgIpc) is 2.70. The van der Waals surface area contributed by atoms with Gasteiger partial charge in [-0.25, -0.2) is 30.0 Å². The summed E-state index contributed by atoms with van der Waals surface area (Å²) in [7, 11) is -12.4. The molecular formula is C17H21F6N3O4S2. The Bertz CT molecular complexity index is 1080. The van der Waals surface area contributed by atoms with Crippen molar-refractivity contribution in [1.29, 1.82) is 0 Å². The van der Waals surface area contributed by atoms with E-state index in [4.69, 9.17) is 0 Å². The molecule has 7 nitrogen and oxygen atoms in total. The Morgan fingerprint density at radius 1 is 0.656 bits per heavy atom. The van der Waals surface area contributed by atoms with Crippen molar-refractivity contribution in [3.8, 4) is 0 Å². The first-order chi connectivity index (χ1) is 14.8. The molecule has 2 heterocycles. The van der Waals surface area contributed by atoms with Gasteiger partial charge in [0.05, 0.1) is 5.69 Å². The Balaban J connectivity index is 2.25. The van der Waals surface area contributed by atoms with E-state index in [1.165, 1.54) is 4.90 Å². The molecule has 0 spiro atoms. The first-order valence-electron chi connectivity index (χ1n) is 9.83. The van der Waals surface area contributed by atoms with Crippen molar-refractivity contribution in [1.82, 2.24) is 4.13 Å². The quantitative estimate of drug-likeness (QED) is 0.485. The summed E-state index contributed by atoms with van der Waals surface area (Å²) in [5, 5.41) is 0. The van der Waals surface area contributed by atoms with E-state index in [1.807, 2.05) is 0 Å². The number of piperidine rings is 2. The molecule has 0 aliphatic carbocycles. The van der Waals surface area contributed by atoms with E-state index in [0.717, 1.165) is 11.3 Å². The summed E-state index contributed by atoms with van der Waals surface area (Å²) >= 11 is 0. The normalized spacial score (nSPS) is 18.8. The van der Waals surface area contributed by atoms with Gasteiger partial charge >= 0.3 is 15.5 Å². The first-order valence-corrected chi connectivity index (χ1v) is 12.8. The van der Waals surface area contributed by atoms with Crippen LogP contribution in [0.2, 0.25) is 0 Å². The smallest absolute Gasteiger partial charge is 0.368 e. The lowest BCUT2D eigenvalue weighted by Crippen LogP contribution is -2.42. The lowest BCUT2D eigenvalue weighted by Gasteiger charge is -2.34. The minimum absolute atomic E-state index is 0.0238. The van der Waals surface area contributed by atoms with Crippen LogP contribution in [-0.4, -0.2) is 48.5 Å². The summed E-state index contributed by atoms with van der Waals surface area (Å²) in [6, 6.07) is 0. The van der Waals surface area contributed by atoms with Gasteiger partial charge in [0.25, 0.3) is 10.0 Å². The van der Waals surface area contributed by atoms with Crippen molar-refractivity contribution in [3.05, 3.63) is 17.5 Å². The third-order valence-corrected chi connectivity index (χ3v) is 8.64. The highest BCUT2D eigenvalue weighted by Crippen LogP contribution is 2.41. The number of sulfonamides is 2. The minimum atomic E-state index is -6.50. The summed E-state index contributed by atoms with van der Waals surface area (Å²) in [4.78, 5) is 0.493. The number of alkyl halides is 3. The van der Waals surface area contributed by atoms with Crippen LogP contribution >= 0.6 is 0 Å². The lowest BCUT2D eigenvalue weighted by atomic mass is 10.1. The maximum absolute atomic E-state index is 15.6. The third kappa shape index (κ3) is 4.64. The fourth-order valence-corrected chi connectivity index (χ4v) is 6.55. The highest BCUT2D eigenvalue weighted by molar-refractivity contribution is 8.05. The fraction of sp³-hybridized carbons (Fsp3) is 0.647. The Kier molecular flexibility index (Phi) is 6.92. The number of nitrogens with zero attached hydrogens (tertiary/aromatic N) is 2. The van der Waals surface area contributed by atoms with Crippen molar-refractivity contribution < 1.29 is 43.2 Å². The SMILES string of the molecule is O=S(=O)(NS(=O)(=O)C(F)(F)F)c1c(F)c(F)c(N2CCCCC2)c(F)c1N1CCCCC1. The number of halogens is 6. The Labute approximate surface area is 181 Å². The third-order valence-electron chi connectivity index (χ3n) is 5.37. The highest BCUT2D eigenvalue weighted by atomic mass is 32.3. The van der Waals surface area contributed by atoms with Gasteiger partial charge in [0.15, 0.2) is 17.5 Å². The lowest BCUT2D eigenvalue weighted by molar-refractivity contribution is -0.0441. The molecule has 182 valence electrons. The van der Waals surface area contributed by atoms with Crippen LogP contribution in [0.15, 0.2) is 4.90 Å². The molecule has 3 rings (SSSR count). The minimum Gasteiger partial charge on any atom is -0.368 e. The molecule has 1 aromatic carbocycles. The summed E-state index contributed by atoms with van der Waals surface area (Å²) in [6.07, 6.45) is 3.42. The van der Waals surface area contributed by atoms with Crippen molar-refractivity contribution in [2.24, 2.45) is 0 Å². The molecule has 2 aliphatic heterocycles. The van der Waals surface area contributed by atoms with E-state index >= 15 is 8.78 Å². The van der Waals surface area contributed by atoms with Crippen molar-refractivity contribution in [2.75, 3.05) is 36.0 Å². The van der Waals surface area contributed by atoms with Crippen molar-refractivity contribution in [3.63, 3.8) is 0 Å². The number of benzene rings is 1. The van der Waals surface area contributed by atoms with Crippen LogP contribution in [0.1, 0.15) is 38.5 Å².